The summed E-state index contributed by atoms with van der Waals surface area (Å²) in [5.74, 6) is 0. The molecule has 17 heavy (non-hydrogen) atoms. The Kier molecular flexibility index (Phi) is 4.02. The largest absolute Gasteiger partial charge is 0.347 e. The average molecular weight is 293 g/mol. The molecule has 2 aromatic rings. The zero-order valence-electron chi connectivity index (χ0n) is 10.2. The summed E-state index contributed by atoms with van der Waals surface area (Å²) in [6.07, 6.45) is 2.16. The maximum absolute atomic E-state index is 3.45. The first kappa shape index (κ1) is 12.4. The van der Waals surface area contributed by atoms with Crippen LogP contribution in [-0.2, 0) is 13.1 Å². The van der Waals surface area contributed by atoms with Crippen LogP contribution >= 0.6 is 15.9 Å². The van der Waals surface area contributed by atoms with E-state index < -0.39 is 0 Å². The lowest BCUT2D eigenvalue weighted by Gasteiger charge is -2.08. The Balaban J connectivity index is 2.16. The van der Waals surface area contributed by atoms with Crippen molar-refractivity contribution in [1.29, 1.82) is 0 Å². The van der Waals surface area contributed by atoms with Gasteiger partial charge in [-0.15, -0.1) is 0 Å². The molecule has 2 rings (SSSR count). The van der Waals surface area contributed by atoms with Gasteiger partial charge in [0.25, 0.3) is 0 Å². The topological polar surface area (TPSA) is 17.0 Å². The molecular formula is C14H17BrN2. The van der Waals surface area contributed by atoms with E-state index in [0.29, 0.717) is 0 Å². The number of nitrogens with zero attached hydrogens (tertiary/aromatic N) is 1. The second kappa shape index (κ2) is 5.52. The van der Waals surface area contributed by atoms with Crippen molar-refractivity contribution in [2.45, 2.75) is 20.0 Å². The Hall–Kier alpha value is -1.06. The monoisotopic (exact) mass is 292 g/mol. The first-order valence-electron chi connectivity index (χ1n) is 5.74. The fourth-order valence-electron chi connectivity index (χ4n) is 1.93. The molecule has 0 aliphatic heterocycles. The van der Waals surface area contributed by atoms with Crippen LogP contribution < -0.4 is 5.32 Å². The second-order valence-electron chi connectivity index (χ2n) is 4.21. The Labute approximate surface area is 111 Å². The number of aromatic nitrogens is 1. The van der Waals surface area contributed by atoms with E-state index in [1.54, 1.807) is 0 Å². The summed E-state index contributed by atoms with van der Waals surface area (Å²) in [4.78, 5) is 0. The molecule has 0 amide bonds. The number of benzene rings is 1. The van der Waals surface area contributed by atoms with Crippen molar-refractivity contribution in [3.05, 3.63) is 57.8 Å². The molecule has 0 saturated carbocycles. The van der Waals surface area contributed by atoms with Gasteiger partial charge in [-0.05, 0) is 43.3 Å². The predicted molar refractivity (Wildman–Crippen MR) is 75.2 cm³/mol. The fraction of sp³-hybridized carbons (Fsp3) is 0.286. The summed E-state index contributed by atoms with van der Waals surface area (Å²) < 4.78 is 3.41. The van der Waals surface area contributed by atoms with Crippen molar-refractivity contribution in [1.82, 2.24) is 9.88 Å². The molecule has 0 aliphatic carbocycles. The molecular weight excluding hydrogens is 276 g/mol. The van der Waals surface area contributed by atoms with Crippen LogP contribution in [-0.4, -0.2) is 11.6 Å². The van der Waals surface area contributed by atoms with Crippen LogP contribution in [0.4, 0.5) is 0 Å². The van der Waals surface area contributed by atoms with Gasteiger partial charge in [-0.3, -0.25) is 0 Å². The molecule has 3 heteroatoms. The molecule has 90 valence electrons. The molecule has 1 heterocycles. The molecule has 0 saturated heterocycles. The number of rotatable bonds is 4. The highest BCUT2D eigenvalue weighted by atomic mass is 79.9. The van der Waals surface area contributed by atoms with Gasteiger partial charge in [0, 0.05) is 29.5 Å². The Morgan fingerprint density at radius 1 is 1.18 bits per heavy atom. The van der Waals surface area contributed by atoms with E-state index in [1.165, 1.54) is 16.8 Å². The van der Waals surface area contributed by atoms with Gasteiger partial charge in [-0.2, -0.15) is 0 Å². The summed E-state index contributed by atoms with van der Waals surface area (Å²) in [6.45, 7) is 4.04. The van der Waals surface area contributed by atoms with Gasteiger partial charge in [-0.1, -0.05) is 28.1 Å². The van der Waals surface area contributed by atoms with Crippen molar-refractivity contribution in [2.24, 2.45) is 0 Å². The van der Waals surface area contributed by atoms with Crippen LogP contribution in [0.25, 0.3) is 0 Å². The predicted octanol–water partition coefficient (Wildman–Crippen LogP) is 3.33. The first-order valence-corrected chi connectivity index (χ1v) is 6.53. The van der Waals surface area contributed by atoms with Crippen molar-refractivity contribution in [3.8, 4) is 0 Å². The molecule has 0 bridgehead atoms. The third-order valence-corrected chi connectivity index (χ3v) is 3.51. The molecule has 0 aliphatic rings. The van der Waals surface area contributed by atoms with E-state index in [2.05, 4.69) is 69.3 Å². The summed E-state index contributed by atoms with van der Waals surface area (Å²) >= 11 is 3.45. The van der Waals surface area contributed by atoms with E-state index in [0.717, 1.165) is 17.6 Å². The SMILES string of the molecule is CNCc1ccn(Cc2ccc(Br)cc2)c1C. The first-order chi connectivity index (χ1) is 8.20. The van der Waals surface area contributed by atoms with Crippen LogP contribution in [0.2, 0.25) is 0 Å². The molecule has 0 atom stereocenters. The lowest BCUT2D eigenvalue weighted by atomic mass is 10.2. The van der Waals surface area contributed by atoms with Crippen LogP contribution in [0, 0.1) is 6.92 Å². The van der Waals surface area contributed by atoms with Crippen molar-refractivity contribution < 1.29 is 0 Å². The zero-order chi connectivity index (χ0) is 12.3. The normalized spacial score (nSPS) is 10.8. The van der Waals surface area contributed by atoms with Crippen LogP contribution in [0.1, 0.15) is 16.8 Å². The van der Waals surface area contributed by atoms with Gasteiger partial charge in [0.05, 0.1) is 0 Å². The zero-order valence-corrected chi connectivity index (χ0v) is 11.8. The number of hydrogen-bond donors (Lipinski definition) is 1. The van der Waals surface area contributed by atoms with Crippen molar-refractivity contribution in [2.75, 3.05) is 7.05 Å². The summed E-state index contributed by atoms with van der Waals surface area (Å²) in [7, 11) is 1.98. The summed E-state index contributed by atoms with van der Waals surface area (Å²) in [5, 5.41) is 3.19. The molecule has 1 aromatic carbocycles. The Morgan fingerprint density at radius 2 is 1.88 bits per heavy atom. The molecule has 0 unspecified atom stereocenters. The van der Waals surface area contributed by atoms with Crippen molar-refractivity contribution in [3.63, 3.8) is 0 Å². The summed E-state index contributed by atoms with van der Waals surface area (Å²) in [6, 6.07) is 10.7. The van der Waals surface area contributed by atoms with E-state index in [1.807, 2.05) is 7.05 Å². The minimum atomic E-state index is 0.930. The second-order valence-corrected chi connectivity index (χ2v) is 5.13. The molecule has 0 spiro atoms. The Bertz CT molecular complexity index is 485. The number of halogens is 1. The lowest BCUT2D eigenvalue weighted by molar-refractivity contribution is 0.753. The number of nitrogens with one attached hydrogen (secondary N) is 1. The maximum atomic E-state index is 3.45. The molecule has 1 aromatic heterocycles. The quantitative estimate of drug-likeness (QED) is 0.915. The molecule has 0 fully saturated rings. The summed E-state index contributed by atoms with van der Waals surface area (Å²) in [5.41, 5.74) is 4.02. The fourth-order valence-corrected chi connectivity index (χ4v) is 2.20. The van der Waals surface area contributed by atoms with Crippen LogP contribution in [0.3, 0.4) is 0 Å². The Morgan fingerprint density at radius 3 is 2.53 bits per heavy atom. The van der Waals surface area contributed by atoms with Gasteiger partial charge in [0.1, 0.15) is 0 Å². The lowest BCUT2D eigenvalue weighted by Crippen LogP contribution is -2.07. The van der Waals surface area contributed by atoms with Gasteiger partial charge in [-0.25, -0.2) is 0 Å². The van der Waals surface area contributed by atoms with Crippen molar-refractivity contribution >= 4 is 15.9 Å². The average Bonchev–Trinajstić information content (AvgIpc) is 2.65. The third-order valence-electron chi connectivity index (χ3n) is 2.98. The van der Waals surface area contributed by atoms with E-state index in [9.17, 15) is 0 Å². The minimum Gasteiger partial charge on any atom is -0.347 e. The maximum Gasteiger partial charge on any atom is 0.0472 e. The van der Waals surface area contributed by atoms with Crippen LogP contribution in [0.15, 0.2) is 41.0 Å². The highest BCUT2D eigenvalue weighted by molar-refractivity contribution is 9.10. The van der Waals surface area contributed by atoms with Crippen LogP contribution in [0.5, 0.6) is 0 Å². The number of hydrogen-bond acceptors (Lipinski definition) is 1. The van der Waals surface area contributed by atoms with Gasteiger partial charge < -0.3 is 9.88 Å². The molecule has 1 N–H and O–H groups in total. The standard InChI is InChI=1S/C14H17BrN2/c1-11-13(9-16-2)7-8-17(11)10-12-3-5-14(15)6-4-12/h3-8,16H,9-10H2,1-2H3. The van der Waals surface area contributed by atoms with E-state index in [4.69, 9.17) is 0 Å². The van der Waals surface area contributed by atoms with Gasteiger partial charge in [0.15, 0.2) is 0 Å². The minimum absolute atomic E-state index is 0.930. The highest BCUT2D eigenvalue weighted by Gasteiger charge is 2.04. The van der Waals surface area contributed by atoms with E-state index >= 15 is 0 Å². The smallest absolute Gasteiger partial charge is 0.0472 e. The molecule has 0 radical (unpaired) electrons. The molecule has 2 nitrogen and oxygen atoms in total. The van der Waals surface area contributed by atoms with Gasteiger partial charge >= 0.3 is 0 Å². The highest BCUT2D eigenvalue weighted by Crippen LogP contribution is 2.15. The van der Waals surface area contributed by atoms with E-state index in [-0.39, 0.29) is 0 Å². The third kappa shape index (κ3) is 2.99. The van der Waals surface area contributed by atoms with Gasteiger partial charge in [0.2, 0.25) is 0 Å².